The lowest BCUT2D eigenvalue weighted by atomic mass is 10.3. The second-order valence-electron chi connectivity index (χ2n) is 3.55. The number of hydrogen-bond donors (Lipinski definition) is 1. The average Bonchev–Trinajstić information content (AvgIpc) is 2.93. The zero-order valence-electron chi connectivity index (χ0n) is 9.87. The van der Waals surface area contributed by atoms with Gasteiger partial charge in [0.05, 0.1) is 15.7 Å². The molecule has 1 aromatic heterocycles. The molecule has 2 atom stereocenters. The van der Waals surface area contributed by atoms with Gasteiger partial charge < -0.3 is 5.32 Å². The molecule has 0 spiro atoms. The highest BCUT2D eigenvalue weighted by atomic mass is 32.2. The van der Waals surface area contributed by atoms with E-state index in [1.54, 1.807) is 6.07 Å². The molecule has 1 amide bonds. The standard InChI is InChI=1S/C11H10FN3O2S2/c1-13-11(16)10(8-6-18-15-14-8)19(17)9-5-3-2-4-7(9)12/h2-6,10H,1H3,(H,13,16). The van der Waals surface area contributed by atoms with Crippen LogP contribution in [-0.2, 0) is 15.6 Å². The van der Waals surface area contributed by atoms with Crippen molar-refractivity contribution >= 4 is 28.2 Å². The number of halogens is 1. The molecule has 0 saturated carbocycles. The normalized spacial score (nSPS) is 13.8. The maximum Gasteiger partial charge on any atom is 0.242 e. The van der Waals surface area contributed by atoms with Crippen molar-refractivity contribution < 1.29 is 13.4 Å². The largest absolute Gasteiger partial charge is 0.358 e. The van der Waals surface area contributed by atoms with Crippen molar-refractivity contribution in [3.63, 3.8) is 0 Å². The highest BCUT2D eigenvalue weighted by molar-refractivity contribution is 7.86. The van der Waals surface area contributed by atoms with E-state index < -0.39 is 27.8 Å². The Bertz CT molecular complexity index is 604. The molecule has 0 bridgehead atoms. The Hall–Kier alpha value is -1.67. The van der Waals surface area contributed by atoms with Crippen LogP contribution in [0.25, 0.3) is 0 Å². The van der Waals surface area contributed by atoms with Crippen LogP contribution in [0.4, 0.5) is 4.39 Å². The van der Waals surface area contributed by atoms with Gasteiger partial charge in [0.1, 0.15) is 11.5 Å². The topological polar surface area (TPSA) is 72.0 Å². The Morgan fingerprint density at radius 3 is 2.79 bits per heavy atom. The minimum Gasteiger partial charge on any atom is -0.358 e. The van der Waals surface area contributed by atoms with E-state index in [2.05, 4.69) is 14.9 Å². The molecule has 0 aliphatic carbocycles. The zero-order chi connectivity index (χ0) is 13.8. The molecule has 1 heterocycles. The number of aromatic nitrogens is 2. The van der Waals surface area contributed by atoms with Crippen molar-refractivity contribution in [3.8, 4) is 0 Å². The third-order valence-corrected chi connectivity index (χ3v) is 4.57. The first-order chi connectivity index (χ1) is 9.15. The number of amides is 1. The van der Waals surface area contributed by atoms with Crippen LogP contribution in [0.15, 0.2) is 34.5 Å². The van der Waals surface area contributed by atoms with E-state index in [9.17, 15) is 13.4 Å². The first kappa shape index (κ1) is 13.8. The van der Waals surface area contributed by atoms with Crippen molar-refractivity contribution in [2.75, 3.05) is 7.05 Å². The van der Waals surface area contributed by atoms with Crippen LogP contribution in [0, 0.1) is 5.82 Å². The third kappa shape index (κ3) is 2.85. The van der Waals surface area contributed by atoms with Crippen molar-refractivity contribution in [1.29, 1.82) is 0 Å². The molecule has 0 saturated heterocycles. The van der Waals surface area contributed by atoms with Gasteiger partial charge in [0.25, 0.3) is 0 Å². The van der Waals surface area contributed by atoms with Gasteiger partial charge in [-0.15, -0.1) is 5.10 Å². The molecule has 8 heteroatoms. The molecule has 1 N–H and O–H groups in total. The number of nitrogens with zero attached hydrogens (tertiary/aromatic N) is 2. The Morgan fingerprint density at radius 2 is 2.21 bits per heavy atom. The van der Waals surface area contributed by atoms with E-state index in [0.29, 0.717) is 0 Å². The second-order valence-corrected chi connectivity index (χ2v) is 5.67. The van der Waals surface area contributed by atoms with Gasteiger partial charge >= 0.3 is 0 Å². The molecular weight excluding hydrogens is 289 g/mol. The van der Waals surface area contributed by atoms with Crippen LogP contribution >= 0.6 is 11.5 Å². The number of carbonyl (C=O) groups excluding carboxylic acids is 1. The fourth-order valence-electron chi connectivity index (χ4n) is 1.49. The van der Waals surface area contributed by atoms with Gasteiger partial charge in [-0.25, -0.2) is 4.39 Å². The van der Waals surface area contributed by atoms with E-state index in [4.69, 9.17) is 0 Å². The summed E-state index contributed by atoms with van der Waals surface area (Å²) in [6, 6.07) is 5.65. The van der Waals surface area contributed by atoms with Gasteiger partial charge in [0.15, 0.2) is 5.25 Å². The average molecular weight is 299 g/mol. The molecular formula is C11H10FN3O2S2. The third-order valence-electron chi connectivity index (χ3n) is 2.40. The molecule has 5 nitrogen and oxygen atoms in total. The molecule has 0 radical (unpaired) electrons. The van der Waals surface area contributed by atoms with Crippen LogP contribution in [0.2, 0.25) is 0 Å². The Labute approximate surface area is 115 Å². The van der Waals surface area contributed by atoms with Gasteiger partial charge in [-0.05, 0) is 23.7 Å². The first-order valence-corrected chi connectivity index (χ1v) is 7.33. The van der Waals surface area contributed by atoms with Crippen molar-refractivity contribution in [3.05, 3.63) is 41.2 Å². The number of likely N-dealkylation sites (N-methyl/N-ethyl adjacent to an activating group) is 1. The maximum absolute atomic E-state index is 13.7. The smallest absolute Gasteiger partial charge is 0.242 e. The van der Waals surface area contributed by atoms with Gasteiger partial charge in [-0.3, -0.25) is 9.00 Å². The number of hydrogen-bond acceptors (Lipinski definition) is 5. The summed E-state index contributed by atoms with van der Waals surface area (Å²) in [4.78, 5) is 11.8. The lowest BCUT2D eigenvalue weighted by molar-refractivity contribution is -0.120. The molecule has 2 rings (SSSR count). The summed E-state index contributed by atoms with van der Waals surface area (Å²) in [5, 5.41) is 6.62. The van der Waals surface area contributed by atoms with Gasteiger partial charge in [-0.2, -0.15) is 0 Å². The molecule has 1 aromatic carbocycles. The van der Waals surface area contributed by atoms with E-state index in [0.717, 1.165) is 11.5 Å². The Kier molecular flexibility index (Phi) is 4.33. The summed E-state index contributed by atoms with van der Waals surface area (Å²) < 4.78 is 29.7. The van der Waals surface area contributed by atoms with Crippen LogP contribution < -0.4 is 5.32 Å². The van der Waals surface area contributed by atoms with Gasteiger partial charge in [0.2, 0.25) is 5.91 Å². The van der Waals surface area contributed by atoms with Crippen LogP contribution in [0.3, 0.4) is 0 Å². The van der Waals surface area contributed by atoms with Crippen LogP contribution in [0.1, 0.15) is 10.9 Å². The summed E-state index contributed by atoms with van der Waals surface area (Å²) in [6.45, 7) is 0. The van der Waals surface area contributed by atoms with E-state index in [1.165, 1.54) is 30.6 Å². The van der Waals surface area contributed by atoms with Gasteiger partial charge in [0, 0.05) is 12.4 Å². The van der Waals surface area contributed by atoms with Crippen LogP contribution in [0.5, 0.6) is 0 Å². The Balaban J connectivity index is 2.43. The quantitative estimate of drug-likeness (QED) is 0.923. The predicted molar refractivity (Wildman–Crippen MR) is 69.5 cm³/mol. The second kappa shape index (κ2) is 5.98. The summed E-state index contributed by atoms with van der Waals surface area (Å²) in [5.41, 5.74) is 0.269. The molecule has 100 valence electrons. The first-order valence-electron chi connectivity index (χ1n) is 5.28. The monoisotopic (exact) mass is 299 g/mol. The maximum atomic E-state index is 13.7. The lowest BCUT2D eigenvalue weighted by Crippen LogP contribution is -2.29. The molecule has 2 unspecified atom stereocenters. The van der Waals surface area contributed by atoms with Crippen molar-refractivity contribution in [1.82, 2.24) is 14.9 Å². The highest BCUT2D eigenvalue weighted by Gasteiger charge is 2.31. The SMILES string of the molecule is CNC(=O)C(c1csnn1)S(=O)c1ccccc1F. The van der Waals surface area contributed by atoms with Crippen LogP contribution in [-0.4, -0.2) is 26.8 Å². The van der Waals surface area contributed by atoms with Gasteiger partial charge in [-0.1, -0.05) is 16.6 Å². The van der Waals surface area contributed by atoms with E-state index >= 15 is 0 Å². The highest BCUT2D eigenvalue weighted by Crippen LogP contribution is 2.26. The molecule has 0 aliphatic heterocycles. The Morgan fingerprint density at radius 1 is 1.47 bits per heavy atom. The van der Waals surface area contributed by atoms with E-state index in [1.807, 2.05) is 0 Å². The van der Waals surface area contributed by atoms with E-state index in [-0.39, 0.29) is 10.6 Å². The summed E-state index contributed by atoms with van der Waals surface area (Å²) in [5.74, 6) is -1.10. The van der Waals surface area contributed by atoms with Crippen molar-refractivity contribution in [2.24, 2.45) is 0 Å². The summed E-state index contributed by atoms with van der Waals surface area (Å²) in [6.07, 6.45) is 0. The molecule has 0 fully saturated rings. The fraction of sp³-hybridized carbons (Fsp3) is 0.182. The zero-order valence-corrected chi connectivity index (χ0v) is 11.5. The predicted octanol–water partition coefficient (Wildman–Crippen LogP) is 1.27. The number of benzene rings is 1. The fourth-order valence-corrected chi connectivity index (χ4v) is 3.43. The number of rotatable bonds is 4. The van der Waals surface area contributed by atoms with Crippen molar-refractivity contribution in [2.45, 2.75) is 10.1 Å². The summed E-state index contributed by atoms with van der Waals surface area (Å²) >= 11 is 1.04. The minimum absolute atomic E-state index is 0.0240. The molecule has 2 aromatic rings. The molecule has 19 heavy (non-hydrogen) atoms. The molecule has 0 aliphatic rings. The number of nitrogens with one attached hydrogen (secondary N) is 1. The summed E-state index contributed by atoms with van der Waals surface area (Å²) in [7, 11) is -0.451. The number of carbonyl (C=O) groups is 1. The minimum atomic E-state index is -1.87. The lowest BCUT2D eigenvalue weighted by Gasteiger charge is -2.13.